The maximum Gasteiger partial charge on any atom is 0.387 e. The predicted octanol–water partition coefficient (Wildman–Crippen LogP) is 3.96. The van der Waals surface area contributed by atoms with Gasteiger partial charge < -0.3 is 4.74 Å². The first kappa shape index (κ1) is 21.8. The van der Waals surface area contributed by atoms with Gasteiger partial charge in [0, 0.05) is 23.1 Å². The maximum absolute atomic E-state index is 12.6. The van der Waals surface area contributed by atoms with Crippen LogP contribution in [0.15, 0.2) is 58.8 Å². The molecule has 0 saturated carbocycles. The van der Waals surface area contributed by atoms with E-state index in [0.717, 1.165) is 11.3 Å². The number of alkyl halides is 2. The van der Waals surface area contributed by atoms with Gasteiger partial charge in [-0.3, -0.25) is 10.1 Å². The van der Waals surface area contributed by atoms with E-state index in [0.29, 0.717) is 11.3 Å². The van der Waals surface area contributed by atoms with Crippen LogP contribution in [0.25, 0.3) is 11.3 Å². The zero-order valence-electron chi connectivity index (χ0n) is 15.6. The molecule has 0 unspecified atom stereocenters. The molecule has 2 N–H and O–H groups in total. The highest BCUT2D eigenvalue weighted by atomic mass is 32.2. The highest BCUT2D eigenvalue weighted by Gasteiger charge is 2.17. The summed E-state index contributed by atoms with van der Waals surface area (Å²) in [6, 6.07) is 11.8. The molecule has 7 nitrogen and oxygen atoms in total. The summed E-state index contributed by atoms with van der Waals surface area (Å²) >= 11 is 1.10. The van der Waals surface area contributed by atoms with Gasteiger partial charge in [0.15, 0.2) is 5.13 Å². The summed E-state index contributed by atoms with van der Waals surface area (Å²) < 4.78 is 56.3. The van der Waals surface area contributed by atoms with Crippen molar-refractivity contribution in [3.8, 4) is 17.0 Å². The molecule has 1 amide bonds. The Morgan fingerprint density at radius 1 is 1.20 bits per heavy atom. The number of anilines is 1. The lowest BCUT2D eigenvalue weighted by molar-refractivity contribution is -0.0494. The van der Waals surface area contributed by atoms with Crippen molar-refractivity contribution >= 4 is 32.4 Å². The van der Waals surface area contributed by atoms with Crippen LogP contribution in [0.1, 0.15) is 17.3 Å². The number of amides is 1. The Labute approximate surface area is 175 Å². The van der Waals surface area contributed by atoms with Gasteiger partial charge in [-0.15, -0.1) is 11.3 Å². The number of ether oxygens (including phenoxy) is 1. The molecule has 0 bridgehead atoms. The van der Waals surface area contributed by atoms with E-state index in [2.05, 4.69) is 19.8 Å². The third-order valence-electron chi connectivity index (χ3n) is 3.84. The monoisotopic (exact) mass is 453 g/mol. The van der Waals surface area contributed by atoms with Crippen molar-refractivity contribution in [3.05, 3.63) is 59.5 Å². The highest BCUT2D eigenvalue weighted by molar-refractivity contribution is 7.89. The van der Waals surface area contributed by atoms with E-state index in [1.165, 1.54) is 30.3 Å². The van der Waals surface area contributed by atoms with Gasteiger partial charge in [0.25, 0.3) is 5.91 Å². The third kappa shape index (κ3) is 5.17. The van der Waals surface area contributed by atoms with Gasteiger partial charge in [-0.25, -0.2) is 18.1 Å². The fraction of sp³-hybridized carbons (Fsp3) is 0.158. The minimum absolute atomic E-state index is 0.0305. The van der Waals surface area contributed by atoms with E-state index in [-0.39, 0.29) is 27.9 Å². The summed E-state index contributed by atoms with van der Waals surface area (Å²) in [5, 5.41) is 4.40. The number of thiazole rings is 1. The summed E-state index contributed by atoms with van der Waals surface area (Å²) in [6.07, 6.45) is 0. The molecule has 1 aromatic heterocycles. The van der Waals surface area contributed by atoms with Crippen molar-refractivity contribution in [1.29, 1.82) is 0 Å². The average Bonchev–Trinajstić information content (AvgIpc) is 3.16. The first-order valence-electron chi connectivity index (χ1n) is 8.71. The number of carbonyl (C=O) groups excluding carboxylic acids is 1. The topological polar surface area (TPSA) is 97.4 Å². The largest absolute Gasteiger partial charge is 0.434 e. The van der Waals surface area contributed by atoms with Crippen LogP contribution in [0.3, 0.4) is 0 Å². The van der Waals surface area contributed by atoms with Crippen LogP contribution < -0.4 is 14.8 Å². The van der Waals surface area contributed by atoms with Crippen LogP contribution in [0, 0.1) is 0 Å². The summed E-state index contributed by atoms with van der Waals surface area (Å²) in [4.78, 5) is 16.7. The number of halogens is 2. The zero-order valence-corrected chi connectivity index (χ0v) is 17.3. The quantitative estimate of drug-likeness (QED) is 0.538. The number of rotatable bonds is 8. The van der Waals surface area contributed by atoms with Gasteiger partial charge >= 0.3 is 6.61 Å². The van der Waals surface area contributed by atoms with Crippen LogP contribution in [0.5, 0.6) is 5.75 Å². The molecule has 158 valence electrons. The van der Waals surface area contributed by atoms with Crippen LogP contribution in [-0.2, 0) is 10.0 Å². The smallest absolute Gasteiger partial charge is 0.387 e. The van der Waals surface area contributed by atoms with E-state index in [4.69, 9.17) is 0 Å². The summed E-state index contributed by atoms with van der Waals surface area (Å²) in [5.41, 5.74) is 0.843. The first-order valence-corrected chi connectivity index (χ1v) is 11.1. The minimum atomic E-state index is -3.70. The van der Waals surface area contributed by atoms with Crippen molar-refractivity contribution in [3.63, 3.8) is 0 Å². The molecule has 0 atom stereocenters. The minimum Gasteiger partial charge on any atom is -0.434 e. The van der Waals surface area contributed by atoms with E-state index in [9.17, 15) is 22.0 Å². The lowest BCUT2D eigenvalue weighted by Crippen LogP contribution is -2.23. The number of hydrogen-bond acceptors (Lipinski definition) is 6. The van der Waals surface area contributed by atoms with Gasteiger partial charge in [0.1, 0.15) is 5.75 Å². The average molecular weight is 453 g/mol. The fourth-order valence-corrected chi connectivity index (χ4v) is 4.37. The second kappa shape index (κ2) is 9.28. The van der Waals surface area contributed by atoms with Crippen LogP contribution in [0.2, 0.25) is 0 Å². The number of sulfonamides is 1. The molecule has 3 aromatic rings. The second-order valence-corrected chi connectivity index (χ2v) is 8.52. The normalized spacial score (nSPS) is 11.5. The van der Waals surface area contributed by atoms with Gasteiger partial charge in [-0.1, -0.05) is 25.1 Å². The molecule has 0 aliphatic carbocycles. The SMILES string of the molecule is CCNS(=O)(=O)c1cccc(C(=O)Nc2nc(-c3ccccc3OC(F)F)cs2)c1. The van der Waals surface area contributed by atoms with E-state index in [1.54, 1.807) is 30.5 Å². The van der Waals surface area contributed by atoms with E-state index >= 15 is 0 Å². The molecule has 0 fully saturated rings. The Hall–Kier alpha value is -2.89. The van der Waals surface area contributed by atoms with Crippen molar-refractivity contribution in [2.24, 2.45) is 0 Å². The number of nitrogens with zero attached hydrogens (tertiary/aromatic N) is 1. The lowest BCUT2D eigenvalue weighted by atomic mass is 10.1. The molecule has 0 aliphatic rings. The maximum atomic E-state index is 12.6. The highest BCUT2D eigenvalue weighted by Crippen LogP contribution is 2.33. The van der Waals surface area contributed by atoms with Crippen molar-refractivity contribution in [1.82, 2.24) is 9.71 Å². The summed E-state index contributed by atoms with van der Waals surface area (Å²) in [5.74, 6) is -0.585. The second-order valence-electron chi connectivity index (χ2n) is 5.90. The fourth-order valence-electron chi connectivity index (χ4n) is 2.58. The van der Waals surface area contributed by atoms with Crippen LogP contribution in [0.4, 0.5) is 13.9 Å². The Kier molecular flexibility index (Phi) is 6.75. The van der Waals surface area contributed by atoms with E-state index in [1.807, 2.05) is 0 Å². The van der Waals surface area contributed by atoms with Gasteiger partial charge in [-0.2, -0.15) is 8.78 Å². The Morgan fingerprint density at radius 3 is 2.70 bits per heavy atom. The number of aromatic nitrogens is 1. The molecule has 0 saturated heterocycles. The molecule has 2 aromatic carbocycles. The van der Waals surface area contributed by atoms with Crippen molar-refractivity contribution < 1.29 is 26.7 Å². The molecule has 0 radical (unpaired) electrons. The molecular weight excluding hydrogens is 436 g/mol. The zero-order chi connectivity index (χ0) is 21.7. The number of benzene rings is 2. The van der Waals surface area contributed by atoms with Crippen LogP contribution in [-0.4, -0.2) is 32.5 Å². The number of hydrogen-bond donors (Lipinski definition) is 2. The first-order chi connectivity index (χ1) is 14.3. The summed E-state index contributed by atoms with van der Waals surface area (Å²) in [6.45, 7) is -1.11. The lowest BCUT2D eigenvalue weighted by Gasteiger charge is -2.08. The molecule has 3 rings (SSSR count). The molecule has 30 heavy (non-hydrogen) atoms. The van der Waals surface area contributed by atoms with Crippen LogP contribution >= 0.6 is 11.3 Å². The Bertz CT molecular complexity index is 1150. The number of carbonyl (C=O) groups is 1. The Morgan fingerprint density at radius 2 is 1.97 bits per heavy atom. The standard InChI is InChI=1S/C19H17F2N3O4S2/c1-2-22-30(26,27)13-7-5-6-12(10-13)17(25)24-19-23-15(11-29-19)14-8-3-4-9-16(14)28-18(20)21/h3-11,18,22H,2H2,1H3,(H,23,24,25). The van der Waals surface area contributed by atoms with Crippen molar-refractivity contribution in [2.45, 2.75) is 18.4 Å². The number of para-hydroxylation sites is 1. The summed E-state index contributed by atoms with van der Waals surface area (Å²) in [7, 11) is -3.70. The molecular formula is C19H17F2N3O4S2. The molecule has 11 heteroatoms. The number of nitrogens with one attached hydrogen (secondary N) is 2. The Balaban J connectivity index is 1.80. The molecule has 0 aliphatic heterocycles. The third-order valence-corrected chi connectivity index (χ3v) is 6.15. The van der Waals surface area contributed by atoms with E-state index < -0.39 is 22.5 Å². The molecule has 0 spiro atoms. The van der Waals surface area contributed by atoms with Gasteiger partial charge in [-0.05, 0) is 30.3 Å². The van der Waals surface area contributed by atoms with Crippen molar-refractivity contribution in [2.75, 3.05) is 11.9 Å². The predicted molar refractivity (Wildman–Crippen MR) is 109 cm³/mol. The van der Waals surface area contributed by atoms with Gasteiger partial charge in [0.05, 0.1) is 10.6 Å². The molecule has 1 heterocycles. The van der Waals surface area contributed by atoms with Gasteiger partial charge in [0.2, 0.25) is 10.0 Å².